The minimum Gasteiger partial charge on any atom is -0.507 e. The second kappa shape index (κ2) is 4.63. The Balaban J connectivity index is 2.20. The first-order chi connectivity index (χ1) is 9.88. The van der Waals surface area contributed by atoms with Crippen LogP contribution in [-0.4, -0.2) is 15.3 Å². The summed E-state index contributed by atoms with van der Waals surface area (Å²) in [6.07, 6.45) is -3.19. The fourth-order valence-electron chi connectivity index (χ4n) is 1.93. The summed E-state index contributed by atoms with van der Waals surface area (Å²) in [7, 11) is 0. The van der Waals surface area contributed by atoms with E-state index in [-0.39, 0.29) is 22.0 Å². The van der Waals surface area contributed by atoms with Crippen molar-refractivity contribution in [2.75, 3.05) is 0 Å². The zero-order valence-corrected chi connectivity index (χ0v) is 10.9. The molecule has 0 bridgehead atoms. The average molecular weight is 315 g/mol. The zero-order chi connectivity index (χ0) is 15.2. The molecular weight excluding hydrogens is 309 g/mol. The molecule has 108 valence electrons. The van der Waals surface area contributed by atoms with E-state index in [2.05, 4.69) is 10.2 Å². The van der Waals surface area contributed by atoms with Crippen LogP contribution in [-0.2, 0) is 6.18 Å². The minimum absolute atomic E-state index is 0.0760. The Kier molecular flexibility index (Phi) is 3.02. The maximum absolute atomic E-state index is 12.6. The Morgan fingerprint density at radius 3 is 2.57 bits per heavy atom. The quantitative estimate of drug-likeness (QED) is 0.729. The van der Waals surface area contributed by atoms with E-state index in [1.54, 1.807) is 6.07 Å². The van der Waals surface area contributed by atoms with Crippen molar-refractivity contribution in [3.8, 4) is 17.0 Å². The lowest BCUT2D eigenvalue weighted by molar-refractivity contribution is -0.137. The molecule has 0 radical (unpaired) electrons. The number of phenols is 1. The molecule has 3 rings (SSSR count). The number of benzene rings is 1. The van der Waals surface area contributed by atoms with E-state index in [4.69, 9.17) is 16.0 Å². The van der Waals surface area contributed by atoms with Crippen LogP contribution < -0.4 is 0 Å². The maximum atomic E-state index is 12.6. The van der Waals surface area contributed by atoms with Gasteiger partial charge in [0.2, 0.25) is 0 Å². The standard InChI is InChI=1S/C13H6ClF3N2O2/c14-12-8-3-4-21-11(8)10(18-19-12)7-2-1-6(5-9(7)20)13(15,16)17/h1-5,20H. The average Bonchev–Trinajstić information content (AvgIpc) is 2.89. The summed E-state index contributed by atoms with van der Waals surface area (Å²) in [5.41, 5.74) is -0.524. The van der Waals surface area contributed by atoms with Crippen LogP contribution in [0.1, 0.15) is 5.56 Å². The molecular formula is C13H6ClF3N2O2. The number of furan rings is 1. The molecule has 0 aliphatic rings. The van der Waals surface area contributed by atoms with Gasteiger partial charge in [0.1, 0.15) is 11.4 Å². The van der Waals surface area contributed by atoms with Gasteiger partial charge in [0.15, 0.2) is 10.7 Å². The predicted octanol–water partition coefficient (Wildman–Crippen LogP) is 4.27. The fraction of sp³-hybridized carbons (Fsp3) is 0.0769. The van der Waals surface area contributed by atoms with Gasteiger partial charge < -0.3 is 9.52 Å². The van der Waals surface area contributed by atoms with Gasteiger partial charge in [-0.3, -0.25) is 0 Å². The Morgan fingerprint density at radius 2 is 1.90 bits per heavy atom. The number of aromatic nitrogens is 2. The molecule has 0 aliphatic carbocycles. The lowest BCUT2D eigenvalue weighted by Crippen LogP contribution is -2.04. The highest BCUT2D eigenvalue weighted by atomic mass is 35.5. The SMILES string of the molecule is Oc1cc(C(F)(F)F)ccc1-c1nnc(Cl)c2ccoc12. The van der Waals surface area contributed by atoms with Gasteiger partial charge in [-0.25, -0.2) is 0 Å². The van der Waals surface area contributed by atoms with Crippen LogP contribution in [0.5, 0.6) is 5.75 Å². The maximum Gasteiger partial charge on any atom is 0.416 e. The van der Waals surface area contributed by atoms with Crippen LogP contribution >= 0.6 is 11.6 Å². The number of halogens is 4. The molecule has 0 saturated heterocycles. The summed E-state index contributed by atoms with van der Waals surface area (Å²) in [5.74, 6) is -0.570. The van der Waals surface area contributed by atoms with Crippen LogP contribution in [0, 0.1) is 0 Å². The Bertz CT molecular complexity index is 830. The summed E-state index contributed by atoms with van der Waals surface area (Å²) in [6.45, 7) is 0. The van der Waals surface area contributed by atoms with E-state index in [9.17, 15) is 18.3 Å². The summed E-state index contributed by atoms with van der Waals surface area (Å²) in [4.78, 5) is 0. The molecule has 8 heteroatoms. The normalized spacial score (nSPS) is 12.0. The van der Waals surface area contributed by atoms with Gasteiger partial charge in [0.25, 0.3) is 0 Å². The molecule has 0 saturated carbocycles. The van der Waals surface area contributed by atoms with Crippen LogP contribution in [0.4, 0.5) is 13.2 Å². The van der Waals surface area contributed by atoms with Crippen molar-refractivity contribution in [2.24, 2.45) is 0 Å². The summed E-state index contributed by atoms with van der Waals surface area (Å²) < 4.78 is 43.0. The Hall–Kier alpha value is -2.28. The van der Waals surface area contributed by atoms with E-state index < -0.39 is 17.5 Å². The second-order valence-electron chi connectivity index (χ2n) is 4.23. The first kappa shape index (κ1) is 13.7. The third kappa shape index (κ3) is 2.29. The van der Waals surface area contributed by atoms with Crippen LogP contribution in [0.3, 0.4) is 0 Å². The number of phenolic OH excluding ortho intramolecular Hbond substituents is 1. The lowest BCUT2D eigenvalue weighted by Gasteiger charge is -2.09. The molecule has 0 spiro atoms. The van der Waals surface area contributed by atoms with Crippen molar-refractivity contribution in [3.63, 3.8) is 0 Å². The highest BCUT2D eigenvalue weighted by molar-refractivity contribution is 6.34. The molecule has 2 heterocycles. The van der Waals surface area contributed by atoms with Crippen LogP contribution in [0.2, 0.25) is 5.15 Å². The third-order valence-corrected chi connectivity index (χ3v) is 3.20. The minimum atomic E-state index is -4.54. The van der Waals surface area contributed by atoms with E-state index in [1.165, 1.54) is 6.26 Å². The molecule has 21 heavy (non-hydrogen) atoms. The fourth-order valence-corrected chi connectivity index (χ4v) is 2.12. The van der Waals surface area contributed by atoms with Crippen molar-refractivity contribution in [1.82, 2.24) is 10.2 Å². The number of alkyl halides is 3. The number of aromatic hydroxyl groups is 1. The Labute approximate surface area is 120 Å². The number of hydrogen-bond acceptors (Lipinski definition) is 4. The first-order valence-electron chi connectivity index (χ1n) is 5.68. The van der Waals surface area contributed by atoms with Gasteiger partial charge in [-0.2, -0.15) is 13.2 Å². The van der Waals surface area contributed by atoms with Crippen molar-refractivity contribution < 1.29 is 22.7 Å². The molecule has 1 N–H and O–H groups in total. The lowest BCUT2D eigenvalue weighted by atomic mass is 10.1. The van der Waals surface area contributed by atoms with Gasteiger partial charge >= 0.3 is 6.18 Å². The largest absolute Gasteiger partial charge is 0.507 e. The molecule has 0 fully saturated rings. The molecule has 4 nitrogen and oxygen atoms in total. The predicted molar refractivity (Wildman–Crippen MR) is 68.9 cm³/mol. The number of hydrogen-bond donors (Lipinski definition) is 1. The highest BCUT2D eigenvalue weighted by Gasteiger charge is 2.31. The molecule has 0 aliphatic heterocycles. The first-order valence-corrected chi connectivity index (χ1v) is 6.05. The van der Waals surface area contributed by atoms with Crippen molar-refractivity contribution >= 4 is 22.6 Å². The number of rotatable bonds is 1. The van der Waals surface area contributed by atoms with E-state index >= 15 is 0 Å². The van der Waals surface area contributed by atoms with Gasteiger partial charge in [0, 0.05) is 5.56 Å². The van der Waals surface area contributed by atoms with Gasteiger partial charge in [0.05, 0.1) is 17.2 Å². The van der Waals surface area contributed by atoms with Gasteiger partial charge in [-0.1, -0.05) is 11.6 Å². The van der Waals surface area contributed by atoms with Crippen molar-refractivity contribution in [3.05, 3.63) is 41.2 Å². The van der Waals surface area contributed by atoms with E-state index in [0.717, 1.165) is 12.1 Å². The second-order valence-corrected chi connectivity index (χ2v) is 4.59. The van der Waals surface area contributed by atoms with Gasteiger partial charge in [-0.15, -0.1) is 10.2 Å². The van der Waals surface area contributed by atoms with Gasteiger partial charge in [-0.05, 0) is 24.3 Å². The highest BCUT2D eigenvalue weighted by Crippen LogP contribution is 2.38. The van der Waals surface area contributed by atoms with Crippen LogP contribution in [0.25, 0.3) is 22.2 Å². The summed E-state index contributed by atoms with van der Waals surface area (Å²) in [5, 5.41) is 17.9. The van der Waals surface area contributed by atoms with Crippen molar-refractivity contribution in [1.29, 1.82) is 0 Å². The molecule has 0 unspecified atom stereocenters. The molecule has 0 atom stereocenters. The number of fused-ring (bicyclic) bond motifs is 1. The monoisotopic (exact) mass is 314 g/mol. The Morgan fingerprint density at radius 1 is 1.14 bits per heavy atom. The molecule has 2 aromatic heterocycles. The molecule has 3 aromatic rings. The summed E-state index contributed by atoms with van der Waals surface area (Å²) >= 11 is 5.84. The summed E-state index contributed by atoms with van der Waals surface area (Å²) in [6, 6.07) is 4.13. The van der Waals surface area contributed by atoms with E-state index in [1.807, 2.05) is 0 Å². The van der Waals surface area contributed by atoms with E-state index in [0.29, 0.717) is 11.5 Å². The smallest absolute Gasteiger partial charge is 0.416 e. The molecule has 1 aromatic carbocycles. The number of nitrogens with zero attached hydrogens (tertiary/aromatic N) is 2. The third-order valence-electron chi connectivity index (χ3n) is 2.92. The topological polar surface area (TPSA) is 59.2 Å². The molecule has 0 amide bonds. The van der Waals surface area contributed by atoms with Crippen molar-refractivity contribution in [2.45, 2.75) is 6.18 Å². The zero-order valence-electron chi connectivity index (χ0n) is 10.1. The van der Waals surface area contributed by atoms with Crippen LogP contribution in [0.15, 0.2) is 34.9 Å².